The Morgan fingerprint density at radius 1 is 1.24 bits per heavy atom. The third-order valence-corrected chi connectivity index (χ3v) is 3.26. The van der Waals surface area contributed by atoms with Gasteiger partial charge in [-0.1, -0.05) is 16.8 Å². The van der Waals surface area contributed by atoms with Crippen LogP contribution in [-0.2, 0) is 6.42 Å². The van der Waals surface area contributed by atoms with Gasteiger partial charge in [0.05, 0.1) is 6.54 Å². The highest BCUT2D eigenvalue weighted by molar-refractivity contribution is 14.0. The molecule has 0 atom stereocenters. The molecule has 0 bridgehead atoms. The minimum absolute atomic E-state index is 0. The lowest BCUT2D eigenvalue weighted by atomic mass is 10.1. The average molecular weight is 478 g/mol. The molecule has 1 heterocycles. The fourth-order valence-electron chi connectivity index (χ4n) is 2.00. The molecule has 0 radical (unpaired) electrons. The van der Waals surface area contributed by atoms with Gasteiger partial charge in [0.25, 0.3) is 0 Å². The van der Waals surface area contributed by atoms with Crippen LogP contribution < -0.4 is 10.6 Å². The quantitative estimate of drug-likeness (QED) is 0.388. The van der Waals surface area contributed by atoms with Crippen molar-refractivity contribution in [2.24, 2.45) is 4.99 Å². The monoisotopic (exact) mass is 477 g/mol. The van der Waals surface area contributed by atoms with E-state index in [0.717, 1.165) is 18.1 Å². The van der Waals surface area contributed by atoms with E-state index in [9.17, 15) is 0 Å². The zero-order chi connectivity index (χ0) is 17.6. The van der Waals surface area contributed by atoms with Gasteiger partial charge in [0.15, 0.2) is 5.96 Å². The Hall–Kier alpha value is -1.35. The van der Waals surface area contributed by atoms with E-state index in [2.05, 4.69) is 46.5 Å². The van der Waals surface area contributed by atoms with Gasteiger partial charge in [-0.25, -0.2) is 0 Å². The maximum Gasteiger partial charge on any atom is 0.228 e. The maximum atomic E-state index is 5.88. The number of hydrogen-bond acceptors (Lipinski definition) is 4. The average Bonchev–Trinajstić information content (AvgIpc) is 2.95. The highest BCUT2D eigenvalue weighted by Gasteiger charge is 2.12. The first-order valence-corrected chi connectivity index (χ1v) is 8.40. The number of aliphatic imine (C=N–C) groups is 1. The molecule has 25 heavy (non-hydrogen) atoms. The normalized spacial score (nSPS) is 11.8. The van der Waals surface area contributed by atoms with Crippen molar-refractivity contribution >= 4 is 41.5 Å². The number of nitrogens with zero attached hydrogens (tertiary/aromatic N) is 3. The van der Waals surface area contributed by atoms with Gasteiger partial charge in [-0.15, -0.1) is 24.0 Å². The molecule has 0 saturated heterocycles. The minimum atomic E-state index is -0.0484. The van der Waals surface area contributed by atoms with Crippen LogP contribution in [0.15, 0.2) is 33.8 Å². The summed E-state index contributed by atoms with van der Waals surface area (Å²) in [4.78, 5) is 8.93. The molecule has 1 aromatic heterocycles. The second kappa shape index (κ2) is 9.96. The number of hydrogen-bond donors (Lipinski definition) is 2. The number of benzene rings is 1. The van der Waals surface area contributed by atoms with Crippen molar-refractivity contribution < 1.29 is 4.52 Å². The Balaban J connectivity index is 0.00000312. The summed E-state index contributed by atoms with van der Waals surface area (Å²) in [7, 11) is 0. The van der Waals surface area contributed by atoms with Crippen molar-refractivity contribution in [1.29, 1.82) is 0 Å². The Morgan fingerprint density at radius 2 is 1.92 bits per heavy atom. The minimum Gasteiger partial charge on any atom is -0.357 e. The number of aromatic nitrogens is 2. The summed E-state index contributed by atoms with van der Waals surface area (Å²) in [6, 6.07) is 7.34. The molecule has 0 fully saturated rings. The summed E-state index contributed by atoms with van der Waals surface area (Å²) in [5.74, 6) is 1.91. The molecule has 2 N–H and O–H groups in total. The first kappa shape index (κ1) is 21.7. The van der Waals surface area contributed by atoms with E-state index < -0.39 is 0 Å². The molecule has 0 amide bonds. The molecule has 0 spiro atoms. The predicted octanol–water partition coefficient (Wildman–Crippen LogP) is 3.90. The van der Waals surface area contributed by atoms with Crippen molar-refractivity contribution in [3.8, 4) is 11.4 Å². The van der Waals surface area contributed by atoms with Crippen LogP contribution in [0.25, 0.3) is 11.4 Å². The zero-order valence-corrected chi connectivity index (χ0v) is 18.1. The number of rotatable bonds is 5. The van der Waals surface area contributed by atoms with Crippen molar-refractivity contribution in [3.63, 3.8) is 0 Å². The largest absolute Gasteiger partial charge is 0.357 e. The van der Waals surface area contributed by atoms with Gasteiger partial charge in [-0.05, 0) is 52.0 Å². The van der Waals surface area contributed by atoms with E-state index >= 15 is 0 Å². The number of guanidine groups is 1. The van der Waals surface area contributed by atoms with E-state index in [1.54, 1.807) is 12.1 Å². The standard InChI is InChI=1S/C17H24ClN5O.HI/c1-5-19-16(22-17(2,3)4)20-11-10-14-21-15(23-24-14)12-6-8-13(18)9-7-12;/h6-9H,5,10-11H2,1-4H3,(H2,19,20,22);1H. The van der Waals surface area contributed by atoms with Crippen molar-refractivity contribution in [2.75, 3.05) is 13.1 Å². The molecule has 0 aliphatic heterocycles. The second-order valence-electron chi connectivity index (χ2n) is 6.40. The molecular weight excluding hydrogens is 453 g/mol. The van der Waals surface area contributed by atoms with Gasteiger partial charge in [0.1, 0.15) is 0 Å². The molecular formula is C17H25ClIN5O. The van der Waals surface area contributed by atoms with E-state index in [-0.39, 0.29) is 29.5 Å². The molecule has 6 nitrogen and oxygen atoms in total. The molecule has 138 valence electrons. The summed E-state index contributed by atoms with van der Waals surface area (Å²) in [5, 5.41) is 11.2. The summed E-state index contributed by atoms with van der Waals surface area (Å²) in [6.45, 7) is 9.69. The van der Waals surface area contributed by atoms with Crippen molar-refractivity contribution in [3.05, 3.63) is 35.2 Å². The van der Waals surface area contributed by atoms with Crippen LogP contribution in [0.4, 0.5) is 0 Å². The molecule has 1 aromatic carbocycles. The summed E-state index contributed by atoms with van der Waals surface area (Å²) < 4.78 is 5.29. The van der Waals surface area contributed by atoms with Gasteiger partial charge >= 0.3 is 0 Å². The smallest absolute Gasteiger partial charge is 0.228 e. The third kappa shape index (κ3) is 7.60. The Labute approximate surface area is 170 Å². The highest BCUT2D eigenvalue weighted by Crippen LogP contribution is 2.18. The first-order valence-electron chi connectivity index (χ1n) is 8.02. The molecule has 8 heteroatoms. The second-order valence-corrected chi connectivity index (χ2v) is 6.84. The maximum absolute atomic E-state index is 5.88. The van der Waals surface area contributed by atoms with Crippen molar-refractivity contribution in [2.45, 2.75) is 39.7 Å². The van der Waals surface area contributed by atoms with Crippen molar-refractivity contribution in [1.82, 2.24) is 20.8 Å². The van der Waals surface area contributed by atoms with Crippen LogP contribution in [0, 0.1) is 0 Å². The molecule has 0 saturated carbocycles. The molecule has 0 aliphatic rings. The van der Waals surface area contributed by atoms with Crippen LogP contribution in [0.5, 0.6) is 0 Å². The molecule has 2 aromatic rings. The third-order valence-electron chi connectivity index (χ3n) is 3.00. The van der Waals surface area contributed by atoms with E-state index in [0.29, 0.717) is 29.7 Å². The number of nitrogens with one attached hydrogen (secondary N) is 2. The van der Waals surface area contributed by atoms with Crippen LogP contribution in [-0.4, -0.2) is 34.7 Å². The first-order chi connectivity index (χ1) is 11.4. The van der Waals surface area contributed by atoms with Gasteiger partial charge < -0.3 is 15.2 Å². The van der Waals surface area contributed by atoms with Crippen LogP contribution in [0.3, 0.4) is 0 Å². The van der Waals surface area contributed by atoms with E-state index in [1.807, 2.05) is 19.1 Å². The van der Waals surface area contributed by atoms with E-state index in [4.69, 9.17) is 16.1 Å². The Morgan fingerprint density at radius 3 is 2.52 bits per heavy atom. The van der Waals surface area contributed by atoms with Gasteiger partial charge in [-0.2, -0.15) is 4.98 Å². The predicted molar refractivity (Wildman–Crippen MR) is 113 cm³/mol. The Bertz CT molecular complexity index is 679. The lowest BCUT2D eigenvalue weighted by Gasteiger charge is -2.23. The van der Waals surface area contributed by atoms with E-state index in [1.165, 1.54) is 0 Å². The summed E-state index contributed by atoms with van der Waals surface area (Å²) >= 11 is 5.88. The molecule has 0 unspecified atom stereocenters. The fourth-order valence-corrected chi connectivity index (χ4v) is 2.12. The molecule has 2 rings (SSSR count). The summed E-state index contributed by atoms with van der Waals surface area (Å²) in [5.41, 5.74) is 0.827. The lowest BCUT2D eigenvalue weighted by Crippen LogP contribution is -2.47. The van der Waals surface area contributed by atoms with Crippen LogP contribution in [0.1, 0.15) is 33.6 Å². The zero-order valence-electron chi connectivity index (χ0n) is 15.0. The van der Waals surface area contributed by atoms with Crippen LogP contribution in [0.2, 0.25) is 5.02 Å². The topological polar surface area (TPSA) is 75.3 Å². The summed E-state index contributed by atoms with van der Waals surface area (Å²) in [6.07, 6.45) is 0.585. The van der Waals surface area contributed by atoms with Crippen LogP contribution >= 0.6 is 35.6 Å². The van der Waals surface area contributed by atoms with Gasteiger partial charge in [0, 0.05) is 29.1 Å². The fraction of sp³-hybridized carbons (Fsp3) is 0.471. The Kier molecular flexibility index (Phi) is 8.64. The van der Waals surface area contributed by atoms with Gasteiger partial charge in [-0.3, -0.25) is 4.99 Å². The SMILES string of the molecule is CCNC(=NCCc1nc(-c2ccc(Cl)cc2)no1)NC(C)(C)C.I. The molecule has 0 aliphatic carbocycles. The number of halogens is 2. The highest BCUT2D eigenvalue weighted by atomic mass is 127. The lowest BCUT2D eigenvalue weighted by molar-refractivity contribution is 0.380. The van der Waals surface area contributed by atoms with Gasteiger partial charge in [0.2, 0.25) is 11.7 Å².